The van der Waals surface area contributed by atoms with E-state index < -0.39 is 17.9 Å². The molecule has 1 atom stereocenters. The Balaban J connectivity index is 1.82. The Morgan fingerprint density at radius 2 is 1.74 bits per heavy atom. The van der Waals surface area contributed by atoms with Gasteiger partial charge in [0.25, 0.3) is 5.91 Å². The first-order valence-electron chi connectivity index (χ1n) is 7.14. The van der Waals surface area contributed by atoms with Crippen molar-refractivity contribution in [1.29, 1.82) is 0 Å². The van der Waals surface area contributed by atoms with Crippen LogP contribution >= 0.6 is 0 Å². The third-order valence-corrected chi connectivity index (χ3v) is 3.70. The fourth-order valence-electron chi connectivity index (χ4n) is 2.50. The fraction of sp³-hybridized carbons (Fsp3) is 0.118. The number of benzene rings is 2. The number of para-hydroxylation sites is 2. The standard InChI is InChI=1S/C17H15N3O3/c18-12-7-3-1-5-10(12)15(21)9-14-17(23)19-13-8-4-2-6-11(13)16(22)20-14/h1-8,14H,9,18H2,(H,19,23)(H,20,22)/t14-/m0/s1. The normalized spacial score (nSPS) is 16.8. The van der Waals surface area contributed by atoms with Crippen LogP contribution in [-0.4, -0.2) is 23.6 Å². The number of carbonyl (C=O) groups is 3. The molecule has 2 aromatic rings. The van der Waals surface area contributed by atoms with Crippen molar-refractivity contribution in [2.24, 2.45) is 0 Å². The van der Waals surface area contributed by atoms with E-state index in [9.17, 15) is 14.4 Å². The molecule has 23 heavy (non-hydrogen) atoms. The summed E-state index contributed by atoms with van der Waals surface area (Å²) in [6.45, 7) is 0. The summed E-state index contributed by atoms with van der Waals surface area (Å²) >= 11 is 0. The van der Waals surface area contributed by atoms with Crippen LogP contribution in [-0.2, 0) is 4.79 Å². The van der Waals surface area contributed by atoms with Crippen LogP contribution in [0.25, 0.3) is 0 Å². The SMILES string of the molecule is Nc1ccccc1C(=O)C[C@@H]1NC(=O)c2ccccc2NC1=O. The third kappa shape index (κ3) is 2.91. The van der Waals surface area contributed by atoms with Crippen molar-refractivity contribution in [3.63, 3.8) is 0 Å². The number of anilines is 2. The Morgan fingerprint density at radius 3 is 2.52 bits per heavy atom. The molecule has 2 aromatic carbocycles. The van der Waals surface area contributed by atoms with Crippen molar-refractivity contribution in [3.05, 3.63) is 59.7 Å². The average molecular weight is 309 g/mol. The van der Waals surface area contributed by atoms with Gasteiger partial charge in [-0.15, -0.1) is 0 Å². The summed E-state index contributed by atoms with van der Waals surface area (Å²) < 4.78 is 0. The van der Waals surface area contributed by atoms with Gasteiger partial charge in [-0.2, -0.15) is 0 Å². The summed E-state index contributed by atoms with van der Waals surface area (Å²) in [4.78, 5) is 36.8. The highest BCUT2D eigenvalue weighted by Crippen LogP contribution is 2.20. The van der Waals surface area contributed by atoms with Crippen LogP contribution in [0.4, 0.5) is 11.4 Å². The Labute approximate surface area is 132 Å². The second kappa shape index (κ2) is 5.92. The molecule has 1 aliphatic heterocycles. The zero-order chi connectivity index (χ0) is 16.4. The Kier molecular flexibility index (Phi) is 3.80. The lowest BCUT2D eigenvalue weighted by atomic mass is 10.0. The number of hydrogen-bond donors (Lipinski definition) is 3. The van der Waals surface area contributed by atoms with E-state index in [2.05, 4.69) is 10.6 Å². The molecule has 0 spiro atoms. The van der Waals surface area contributed by atoms with Crippen molar-refractivity contribution in [1.82, 2.24) is 5.32 Å². The molecule has 6 heteroatoms. The summed E-state index contributed by atoms with van der Waals surface area (Å²) in [7, 11) is 0. The summed E-state index contributed by atoms with van der Waals surface area (Å²) in [6, 6.07) is 12.4. The zero-order valence-corrected chi connectivity index (χ0v) is 12.2. The number of rotatable bonds is 3. The lowest BCUT2D eigenvalue weighted by Gasteiger charge is -2.14. The maximum absolute atomic E-state index is 12.4. The highest BCUT2D eigenvalue weighted by molar-refractivity contribution is 6.12. The molecule has 4 N–H and O–H groups in total. The molecule has 0 saturated carbocycles. The number of ketones is 1. The second-order valence-electron chi connectivity index (χ2n) is 5.28. The molecule has 2 amide bonds. The smallest absolute Gasteiger partial charge is 0.254 e. The van der Waals surface area contributed by atoms with Crippen molar-refractivity contribution in [2.75, 3.05) is 11.1 Å². The molecule has 116 valence electrons. The monoisotopic (exact) mass is 309 g/mol. The van der Waals surface area contributed by atoms with Gasteiger partial charge in [-0.25, -0.2) is 0 Å². The molecule has 0 radical (unpaired) electrons. The molecule has 0 aromatic heterocycles. The number of nitrogens with one attached hydrogen (secondary N) is 2. The lowest BCUT2D eigenvalue weighted by Crippen LogP contribution is -2.42. The third-order valence-electron chi connectivity index (χ3n) is 3.70. The van der Waals surface area contributed by atoms with E-state index in [0.717, 1.165) is 0 Å². The van der Waals surface area contributed by atoms with Gasteiger partial charge in [0.2, 0.25) is 5.91 Å². The maximum Gasteiger partial charge on any atom is 0.254 e. The number of amides is 2. The van der Waals surface area contributed by atoms with Crippen LogP contribution in [0.15, 0.2) is 48.5 Å². The van der Waals surface area contributed by atoms with Crippen molar-refractivity contribution < 1.29 is 14.4 Å². The Hall–Kier alpha value is -3.15. The highest BCUT2D eigenvalue weighted by Gasteiger charge is 2.29. The van der Waals surface area contributed by atoms with Gasteiger partial charge in [-0.1, -0.05) is 24.3 Å². The molecule has 1 heterocycles. The molecule has 0 unspecified atom stereocenters. The average Bonchev–Trinajstić information content (AvgIpc) is 2.65. The number of Topliss-reactive ketones (excluding diaryl/α,β-unsaturated/α-hetero) is 1. The van der Waals surface area contributed by atoms with Crippen LogP contribution in [0.2, 0.25) is 0 Å². The molecule has 0 saturated heterocycles. The fourth-order valence-corrected chi connectivity index (χ4v) is 2.50. The maximum atomic E-state index is 12.4. The van der Waals surface area contributed by atoms with E-state index in [1.807, 2.05) is 0 Å². The second-order valence-corrected chi connectivity index (χ2v) is 5.28. The molecule has 6 nitrogen and oxygen atoms in total. The molecular formula is C17H15N3O3. The minimum atomic E-state index is -0.943. The van der Waals surface area contributed by atoms with Gasteiger partial charge in [-0.05, 0) is 24.3 Å². The predicted molar refractivity (Wildman–Crippen MR) is 86.1 cm³/mol. The number of nitrogens with two attached hydrogens (primary N) is 1. The first-order valence-corrected chi connectivity index (χ1v) is 7.14. The van der Waals surface area contributed by atoms with Gasteiger partial charge >= 0.3 is 0 Å². The van der Waals surface area contributed by atoms with E-state index in [4.69, 9.17) is 5.73 Å². The Morgan fingerprint density at radius 1 is 1.04 bits per heavy atom. The topological polar surface area (TPSA) is 101 Å². The largest absolute Gasteiger partial charge is 0.398 e. The van der Waals surface area contributed by atoms with Gasteiger partial charge in [-0.3, -0.25) is 14.4 Å². The van der Waals surface area contributed by atoms with Gasteiger partial charge in [0.15, 0.2) is 5.78 Å². The summed E-state index contributed by atoms with van der Waals surface area (Å²) in [5.74, 6) is -1.11. The van der Waals surface area contributed by atoms with Crippen molar-refractivity contribution >= 4 is 29.0 Å². The highest BCUT2D eigenvalue weighted by atomic mass is 16.2. The number of hydrogen-bond acceptors (Lipinski definition) is 4. The summed E-state index contributed by atoms with van der Waals surface area (Å²) in [6.07, 6.45) is -0.153. The molecule has 3 rings (SSSR count). The van der Waals surface area contributed by atoms with Crippen LogP contribution in [0.3, 0.4) is 0 Å². The van der Waals surface area contributed by atoms with Gasteiger partial charge in [0.05, 0.1) is 11.3 Å². The zero-order valence-electron chi connectivity index (χ0n) is 12.2. The number of carbonyl (C=O) groups excluding carboxylic acids is 3. The Bertz CT molecular complexity index is 801. The molecule has 0 bridgehead atoms. The van der Waals surface area contributed by atoms with E-state index in [1.165, 1.54) is 0 Å². The summed E-state index contributed by atoms with van der Waals surface area (Å²) in [5, 5.41) is 5.26. The van der Waals surface area contributed by atoms with E-state index >= 15 is 0 Å². The van der Waals surface area contributed by atoms with E-state index in [1.54, 1.807) is 48.5 Å². The van der Waals surface area contributed by atoms with Gasteiger partial charge < -0.3 is 16.4 Å². The van der Waals surface area contributed by atoms with Crippen LogP contribution < -0.4 is 16.4 Å². The molecule has 0 aliphatic carbocycles. The molecular weight excluding hydrogens is 294 g/mol. The number of nitrogen functional groups attached to an aromatic ring is 1. The molecule has 1 aliphatic rings. The first-order chi connectivity index (χ1) is 11.1. The van der Waals surface area contributed by atoms with E-state index in [-0.39, 0.29) is 12.2 Å². The van der Waals surface area contributed by atoms with Crippen LogP contribution in [0, 0.1) is 0 Å². The van der Waals surface area contributed by atoms with E-state index in [0.29, 0.717) is 22.5 Å². The van der Waals surface area contributed by atoms with Crippen LogP contribution in [0.1, 0.15) is 27.1 Å². The molecule has 0 fully saturated rings. The van der Waals surface area contributed by atoms with Gasteiger partial charge in [0.1, 0.15) is 6.04 Å². The summed E-state index contributed by atoms with van der Waals surface area (Å²) in [5.41, 5.74) is 7.28. The minimum absolute atomic E-state index is 0.153. The predicted octanol–water partition coefficient (Wildman–Crippen LogP) is 1.59. The van der Waals surface area contributed by atoms with Crippen molar-refractivity contribution in [2.45, 2.75) is 12.5 Å². The number of fused-ring (bicyclic) bond motifs is 1. The minimum Gasteiger partial charge on any atom is -0.398 e. The van der Waals surface area contributed by atoms with Gasteiger partial charge in [0, 0.05) is 17.7 Å². The lowest BCUT2D eigenvalue weighted by molar-refractivity contribution is -0.117. The van der Waals surface area contributed by atoms with Crippen LogP contribution in [0.5, 0.6) is 0 Å². The quantitative estimate of drug-likeness (QED) is 0.592. The van der Waals surface area contributed by atoms with Crippen molar-refractivity contribution in [3.8, 4) is 0 Å². The first kappa shape index (κ1) is 14.8.